The highest BCUT2D eigenvalue weighted by atomic mass is 16.5. The van der Waals surface area contributed by atoms with Crippen molar-refractivity contribution in [3.05, 3.63) is 83.7 Å². The van der Waals surface area contributed by atoms with Crippen LogP contribution in [-0.4, -0.2) is 18.0 Å². The summed E-state index contributed by atoms with van der Waals surface area (Å²) in [5, 5.41) is 2.99. The molecule has 0 aliphatic rings. The van der Waals surface area contributed by atoms with Crippen molar-refractivity contribution in [2.75, 3.05) is 7.11 Å². The van der Waals surface area contributed by atoms with Crippen LogP contribution >= 0.6 is 0 Å². The van der Waals surface area contributed by atoms with Crippen LogP contribution in [0, 0.1) is 6.92 Å². The topological polar surface area (TPSA) is 51.2 Å². The van der Waals surface area contributed by atoms with Crippen LogP contribution in [0.5, 0.6) is 5.75 Å². The molecule has 0 saturated carbocycles. The molecule has 1 unspecified atom stereocenters. The van der Waals surface area contributed by atoms with Gasteiger partial charge < -0.3 is 10.1 Å². The molecule has 0 spiro atoms. The smallest absolute Gasteiger partial charge is 0.251 e. The first kappa shape index (κ1) is 17.7. The Morgan fingerprint density at radius 3 is 2.42 bits per heavy atom. The average molecular weight is 346 g/mol. The quantitative estimate of drug-likeness (QED) is 0.737. The van der Waals surface area contributed by atoms with Crippen LogP contribution in [0.4, 0.5) is 0 Å². The van der Waals surface area contributed by atoms with Crippen molar-refractivity contribution in [2.45, 2.75) is 19.9 Å². The highest BCUT2D eigenvalue weighted by Crippen LogP contribution is 2.29. The van der Waals surface area contributed by atoms with Gasteiger partial charge in [0.1, 0.15) is 5.75 Å². The molecule has 0 aliphatic carbocycles. The number of rotatable bonds is 5. The molecule has 1 heterocycles. The number of nitrogens with zero attached hydrogens (tertiary/aromatic N) is 1. The molecule has 0 radical (unpaired) electrons. The third-order valence-electron chi connectivity index (χ3n) is 4.29. The molecule has 1 N–H and O–H groups in total. The second-order valence-corrected chi connectivity index (χ2v) is 6.23. The van der Waals surface area contributed by atoms with E-state index in [0.29, 0.717) is 5.56 Å². The van der Waals surface area contributed by atoms with Gasteiger partial charge in [-0.3, -0.25) is 9.78 Å². The molecule has 4 heteroatoms. The van der Waals surface area contributed by atoms with Crippen molar-refractivity contribution in [3.63, 3.8) is 0 Å². The summed E-state index contributed by atoms with van der Waals surface area (Å²) >= 11 is 0. The summed E-state index contributed by atoms with van der Waals surface area (Å²) in [6.07, 6.45) is 1.81. The van der Waals surface area contributed by atoms with E-state index >= 15 is 0 Å². The van der Waals surface area contributed by atoms with Crippen molar-refractivity contribution in [1.82, 2.24) is 10.3 Å². The zero-order valence-electron chi connectivity index (χ0n) is 15.2. The lowest BCUT2D eigenvalue weighted by Gasteiger charge is -2.14. The molecule has 1 atom stereocenters. The molecule has 0 bridgehead atoms. The van der Waals surface area contributed by atoms with Crippen LogP contribution in [0.3, 0.4) is 0 Å². The van der Waals surface area contributed by atoms with Crippen molar-refractivity contribution < 1.29 is 9.53 Å². The van der Waals surface area contributed by atoms with Gasteiger partial charge in [-0.25, -0.2) is 0 Å². The molecule has 26 heavy (non-hydrogen) atoms. The Morgan fingerprint density at radius 1 is 1.04 bits per heavy atom. The minimum atomic E-state index is -0.156. The minimum Gasteiger partial charge on any atom is -0.496 e. The molecule has 0 aliphatic heterocycles. The number of amides is 1. The molecule has 4 nitrogen and oxygen atoms in total. The number of aromatic nitrogens is 1. The first-order chi connectivity index (χ1) is 12.6. The summed E-state index contributed by atoms with van der Waals surface area (Å²) in [5.41, 5.74) is 4.56. The molecule has 1 amide bonds. The van der Waals surface area contributed by atoms with Crippen LogP contribution in [0.1, 0.15) is 34.6 Å². The largest absolute Gasteiger partial charge is 0.496 e. The van der Waals surface area contributed by atoms with Gasteiger partial charge in [0.05, 0.1) is 18.8 Å². The number of aryl methyl sites for hydroxylation is 1. The number of carbonyl (C=O) groups excluding carboxylic acids is 1. The molecule has 2 aromatic carbocycles. The molecular formula is C22H22N2O2. The fraction of sp³-hybridized carbons (Fsp3) is 0.182. The summed E-state index contributed by atoms with van der Waals surface area (Å²) < 4.78 is 5.40. The number of para-hydroxylation sites is 1. The SMILES string of the molecule is COc1ccccc1-c1ccc(C(=O)NC(C)c2ccc(C)cn2)cc1. The van der Waals surface area contributed by atoms with Crippen LogP contribution in [-0.2, 0) is 0 Å². The van der Waals surface area contributed by atoms with E-state index in [9.17, 15) is 4.79 Å². The van der Waals surface area contributed by atoms with Gasteiger partial charge >= 0.3 is 0 Å². The summed E-state index contributed by atoms with van der Waals surface area (Å²) in [7, 11) is 1.65. The van der Waals surface area contributed by atoms with Crippen LogP contribution in [0.25, 0.3) is 11.1 Å². The van der Waals surface area contributed by atoms with Gasteiger partial charge in [0.2, 0.25) is 0 Å². The van der Waals surface area contributed by atoms with E-state index in [1.165, 1.54) is 0 Å². The Balaban J connectivity index is 1.73. The van der Waals surface area contributed by atoms with E-state index in [1.807, 2.05) is 74.5 Å². The van der Waals surface area contributed by atoms with Crippen molar-refractivity contribution in [2.24, 2.45) is 0 Å². The second-order valence-electron chi connectivity index (χ2n) is 6.23. The number of carbonyl (C=O) groups is 1. The molecule has 0 fully saturated rings. The lowest BCUT2D eigenvalue weighted by Crippen LogP contribution is -2.27. The van der Waals surface area contributed by atoms with E-state index in [2.05, 4.69) is 10.3 Å². The first-order valence-electron chi connectivity index (χ1n) is 8.55. The highest BCUT2D eigenvalue weighted by Gasteiger charge is 2.13. The maximum Gasteiger partial charge on any atom is 0.251 e. The summed E-state index contributed by atoms with van der Waals surface area (Å²) in [5.74, 6) is 0.690. The molecule has 0 saturated heterocycles. The standard InChI is InChI=1S/C22H22N2O2/c1-15-8-13-20(23-14-15)16(2)24-22(25)18-11-9-17(10-12-18)19-6-4-5-7-21(19)26-3/h4-14,16H,1-3H3,(H,24,25). The van der Waals surface area contributed by atoms with Crippen LogP contribution in [0.15, 0.2) is 66.9 Å². The number of hydrogen-bond donors (Lipinski definition) is 1. The van der Waals surface area contributed by atoms with E-state index in [-0.39, 0.29) is 11.9 Å². The van der Waals surface area contributed by atoms with Crippen LogP contribution < -0.4 is 10.1 Å². The monoisotopic (exact) mass is 346 g/mol. The lowest BCUT2D eigenvalue weighted by atomic mass is 10.0. The maximum atomic E-state index is 12.5. The van der Waals surface area contributed by atoms with Gasteiger partial charge in [-0.2, -0.15) is 0 Å². The summed E-state index contributed by atoms with van der Waals surface area (Å²) in [6, 6.07) is 19.1. The van der Waals surface area contributed by atoms with Crippen LogP contribution in [0.2, 0.25) is 0 Å². The van der Waals surface area contributed by atoms with Gasteiger partial charge in [-0.1, -0.05) is 36.4 Å². The third-order valence-corrected chi connectivity index (χ3v) is 4.29. The Bertz CT molecular complexity index is 887. The third kappa shape index (κ3) is 3.91. The van der Waals surface area contributed by atoms with E-state index in [0.717, 1.165) is 28.1 Å². The van der Waals surface area contributed by atoms with Crippen molar-refractivity contribution in [3.8, 4) is 16.9 Å². The van der Waals surface area contributed by atoms with E-state index in [1.54, 1.807) is 13.3 Å². The van der Waals surface area contributed by atoms with Crippen molar-refractivity contribution in [1.29, 1.82) is 0 Å². The van der Waals surface area contributed by atoms with Gasteiger partial charge in [-0.05, 0) is 49.2 Å². The fourth-order valence-corrected chi connectivity index (χ4v) is 2.77. The summed E-state index contributed by atoms with van der Waals surface area (Å²) in [6.45, 7) is 3.92. The lowest BCUT2D eigenvalue weighted by molar-refractivity contribution is 0.0939. The zero-order chi connectivity index (χ0) is 18.5. The fourth-order valence-electron chi connectivity index (χ4n) is 2.77. The Kier molecular flexibility index (Phi) is 5.32. The summed E-state index contributed by atoms with van der Waals surface area (Å²) in [4.78, 5) is 16.9. The Hall–Kier alpha value is -3.14. The minimum absolute atomic E-state index is 0.119. The predicted octanol–water partition coefficient (Wildman–Crippen LogP) is 4.56. The number of nitrogens with one attached hydrogen (secondary N) is 1. The number of methoxy groups -OCH3 is 1. The zero-order valence-corrected chi connectivity index (χ0v) is 15.2. The van der Waals surface area contributed by atoms with Gasteiger partial charge in [0.25, 0.3) is 5.91 Å². The number of ether oxygens (including phenoxy) is 1. The molecule has 132 valence electrons. The van der Waals surface area contributed by atoms with Crippen molar-refractivity contribution >= 4 is 5.91 Å². The first-order valence-corrected chi connectivity index (χ1v) is 8.55. The second kappa shape index (κ2) is 7.83. The van der Waals surface area contributed by atoms with Gasteiger partial charge in [-0.15, -0.1) is 0 Å². The Labute approximate surface area is 153 Å². The number of benzene rings is 2. The molecule has 3 rings (SSSR count). The normalized spacial score (nSPS) is 11.7. The number of pyridine rings is 1. The molecule has 3 aromatic rings. The number of hydrogen-bond acceptors (Lipinski definition) is 3. The molecule has 1 aromatic heterocycles. The van der Waals surface area contributed by atoms with Gasteiger partial charge in [0.15, 0.2) is 0 Å². The van der Waals surface area contributed by atoms with Gasteiger partial charge in [0, 0.05) is 17.3 Å². The Morgan fingerprint density at radius 2 is 1.77 bits per heavy atom. The van der Waals surface area contributed by atoms with E-state index < -0.39 is 0 Å². The predicted molar refractivity (Wildman–Crippen MR) is 103 cm³/mol. The molecular weight excluding hydrogens is 324 g/mol. The van der Waals surface area contributed by atoms with E-state index in [4.69, 9.17) is 4.74 Å². The maximum absolute atomic E-state index is 12.5. The highest BCUT2D eigenvalue weighted by molar-refractivity contribution is 5.95. The average Bonchev–Trinajstić information content (AvgIpc) is 2.68.